The zero-order valence-electron chi connectivity index (χ0n) is 13.8. The molecule has 1 spiro atoms. The zero-order valence-corrected chi connectivity index (χ0v) is 13.8. The highest BCUT2D eigenvalue weighted by molar-refractivity contribution is 6.03. The highest BCUT2D eigenvalue weighted by atomic mass is 16.5. The lowest BCUT2D eigenvalue weighted by Gasteiger charge is -2.32. The Morgan fingerprint density at radius 1 is 1.44 bits per heavy atom. The van der Waals surface area contributed by atoms with E-state index >= 15 is 0 Å². The number of carboxylic acid groups (broad SMARTS) is 1. The number of benzene rings is 1. The topological polar surface area (TPSA) is 76.1 Å². The Morgan fingerprint density at radius 3 is 2.76 bits per heavy atom. The fraction of sp³-hybridized carbons (Fsp3) is 0.368. The number of amides is 1. The summed E-state index contributed by atoms with van der Waals surface area (Å²) in [7, 11) is 1.58. The monoisotopic (exact) mass is 341 g/mol. The van der Waals surface area contributed by atoms with Crippen LogP contribution < -0.4 is 9.64 Å². The molecular formula is C19H19NO5. The van der Waals surface area contributed by atoms with Crippen molar-refractivity contribution < 1.29 is 24.2 Å². The van der Waals surface area contributed by atoms with Crippen molar-refractivity contribution in [3.8, 4) is 5.75 Å². The predicted molar refractivity (Wildman–Crippen MR) is 90.4 cm³/mol. The number of fused-ring (bicyclic) bond motifs is 1. The molecule has 0 radical (unpaired) electrons. The standard InChI is InChI=1S/C19H19NO5/c1-3-4-14-19-10-9-13(25-19)15(18(22)23)16(19)17(21)20(14)11-5-7-12(24-2)8-6-11/h3,5-10,13-16H,1,4H2,2H3,(H,22,23)/t13-,14-,15+,16+,19-/m1/s1. The molecule has 5 atom stereocenters. The molecule has 2 fully saturated rings. The van der Waals surface area contributed by atoms with Crippen LogP contribution in [0.15, 0.2) is 49.1 Å². The lowest BCUT2D eigenvalue weighted by atomic mass is 9.74. The first kappa shape index (κ1) is 15.9. The van der Waals surface area contributed by atoms with Gasteiger partial charge in [0.25, 0.3) is 0 Å². The molecule has 1 aromatic carbocycles. The van der Waals surface area contributed by atoms with Crippen molar-refractivity contribution in [2.24, 2.45) is 11.8 Å². The Hall–Kier alpha value is -2.60. The van der Waals surface area contributed by atoms with Crippen molar-refractivity contribution in [2.45, 2.75) is 24.2 Å². The smallest absolute Gasteiger partial charge is 0.310 e. The molecule has 3 heterocycles. The average Bonchev–Trinajstić information content (AvgIpc) is 3.24. The number of aliphatic carboxylic acids is 1. The molecule has 130 valence electrons. The van der Waals surface area contributed by atoms with Crippen LogP contribution in [0.2, 0.25) is 0 Å². The highest BCUT2D eigenvalue weighted by Gasteiger charge is 2.71. The van der Waals surface area contributed by atoms with E-state index < -0.39 is 29.5 Å². The lowest BCUT2D eigenvalue weighted by Crippen LogP contribution is -2.45. The lowest BCUT2D eigenvalue weighted by molar-refractivity contribution is -0.146. The molecule has 6 nitrogen and oxygen atoms in total. The van der Waals surface area contributed by atoms with Crippen molar-refractivity contribution in [2.75, 3.05) is 12.0 Å². The van der Waals surface area contributed by atoms with E-state index in [1.165, 1.54) is 0 Å². The van der Waals surface area contributed by atoms with E-state index in [2.05, 4.69) is 6.58 Å². The van der Waals surface area contributed by atoms with Crippen LogP contribution in [0.3, 0.4) is 0 Å². The van der Waals surface area contributed by atoms with Crippen LogP contribution in [0, 0.1) is 11.8 Å². The first-order valence-corrected chi connectivity index (χ1v) is 8.21. The van der Waals surface area contributed by atoms with Gasteiger partial charge in [0.1, 0.15) is 17.3 Å². The fourth-order valence-electron chi connectivity index (χ4n) is 4.43. The van der Waals surface area contributed by atoms with Crippen LogP contribution in [-0.4, -0.2) is 41.8 Å². The van der Waals surface area contributed by atoms with Crippen molar-refractivity contribution in [3.05, 3.63) is 49.1 Å². The van der Waals surface area contributed by atoms with Gasteiger partial charge in [0.2, 0.25) is 5.91 Å². The van der Waals surface area contributed by atoms with Gasteiger partial charge < -0.3 is 19.5 Å². The maximum Gasteiger partial charge on any atom is 0.310 e. The molecule has 2 bridgehead atoms. The van der Waals surface area contributed by atoms with E-state index in [0.717, 1.165) is 0 Å². The molecular weight excluding hydrogens is 322 g/mol. The van der Waals surface area contributed by atoms with E-state index in [1.54, 1.807) is 48.4 Å². The van der Waals surface area contributed by atoms with Crippen LogP contribution in [0.1, 0.15) is 6.42 Å². The summed E-state index contributed by atoms with van der Waals surface area (Å²) in [6.45, 7) is 3.80. The molecule has 3 aliphatic heterocycles. The maximum atomic E-state index is 13.2. The summed E-state index contributed by atoms with van der Waals surface area (Å²) in [4.78, 5) is 26.6. The van der Waals surface area contributed by atoms with E-state index in [9.17, 15) is 14.7 Å². The summed E-state index contributed by atoms with van der Waals surface area (Å²) >= 11 is 0. The van der Waals surface area contributed by atoms with Gasteiger partial charge in [0, 0.05) is 5.69 Å². The van der Waals surface area contributed by atoms with E-state index in [1.807, 2.05) is 6.08 Å². The van der Waals surface area contributed by atoms with Gasteiger partial charge >= 0.3 is 5.97 Å². The maximum absolute atomic E-state index is 13.2. The quantitative estimate of drug-likeness (QED) is 0.829. The zero-order chi connectivity index (χ0) is 17.8. The molecule has 2 saturated heterocycles. The highest BCUT2D eigenvalue weighted by Crippen LogP contribution is 2.56. The molecule has 0 unspecified atom stereocenters. The minimum absolute atomic E-state index is 0.212. The molecule has 0 aromatic heterocycles. The van der Waals surface area contributed by atoms with Gasteiger partial charge in [0.05, 0.1) is 25.2 Å². The molecule has 1 N–H and O–H groups in total. The third-order valence-corrected chi connectivity index (χ3v) is 5.45. The molecule has 3 aliphatic rings. The van der Waals surface area contributed by atoms with Gasteiger partial charge in [-0.15, -0.1) is 6.58 Å². The Morgan fingerprint density at radius 2 is 2.16 bits per heavy atom. The Bertz CT molecular complexity index is 771. The summed E-state index contributed by atoms with van der Waals surface area (Å²) in [6, 6.07) is 6.85. The number of nitrogens with zero attached hydrogens (tertiary/aromatic N) is 1. The summed E-state index contributed by atoms with van der Waals surface area (Å²) in [5.74, 6) is -2.09. The third kappa shape index (κ3) is 2.00. The second-order valence-electron chi connectivity index (χ2n) is 6.58. The van der Waals surface area contributed by atoms with Crippen molar-refractivity contribution >= 4 is 17.6 Å². The van der Waals surface area contributed by atoms with Crippen molar-refractivity contribution in [3.63, 3.8) is 0 Å². The van der Waals surface area contributed by atoms with Gasteiger partial charge in [-0.1, -0.05) is 18.2 Å². The van der Waals surface area contributed by atoms with Gasteiger partial charge in [-0.3, -0.25) is 9.59 Å². The summed E-state index contributed by atoms with van der Waals surface area (Å²) in [5, 5.41) is 9.62. The molecule has 0 saturated carbocycles. The number of carbonyl (C=O) groups excluding carboxylic acids is 1. The van der Waals surface area contributed by atoms with Gasteiger partial charge in [0.15, 0.2) is 0 Å². The second kappa shape index (κ2) is 5.46. The minimum atomic E-state index is -0.997. The number of hydrogen-bond donors (Lipinski definition) is 1. The van der Waals surface area contributed by atoms with Gasteiger partial charge in [-0.25, -0.2) is 0 Å². The van der Waals surface area contributed by atoms with Crippen molar-refractivity contribution in [1.29, 1.82) is 0 Å². The number of methoxy groups -OCH3 is 1. The first-order chi connectivity index (χ1) is 12.0. The number of carbonyl (C=O) groups is 2. The number of ether oxygens (including phenoxy) is 2. The normalized spacial score (nSPS) is 35.1. The molecule has 1 amide bonds. The molecule has 1 aromatic rings. The number of anilines is 1. The average molecular weight is 341 g/mol. The van der Waals surface area contributed by atoms with E-state index in [4.69, 9.17) is 9.47 Å². The largest absolute Gasteiger partial charge is 0.497 e. The van der Waals surface area contributed by atoms with Gasteiger partial charge in [-0.2, -0.15) is 0 Å². The predicted octanol–water partition coefficient (Wildman–Crippen LogP) is 2.01. The van der Waals surface area contributed by atoms with Crippen LogP contribution in [-0.2, 0) is 14.3 Å². The summed E-state index contributed by atoms with van der Waals surface area (Å²) in [5.41, 5.74) is -0.204. The Balaban J connectivity index is 1.80. The first-order valence-electron chi connectivity index (χ1n) is 8.21. The minimum Gasteiger partial charge on any atom is -0.497 e. The van der Waals surface area contributed by atoms with E-state index in [-0.39, 0.29) is 11.9 Å². The molecule has 0 aliphatic carbocycles. The van der Waals surface area contributed by atoms with E-state index in [0.29, 0.717) is 17.9 Å². The SMILES string of the molecule is C=CC[C@H]1N(c2ccc(OC)cc2)C(=O)[C@@H]2[C@@H](C(=O)O)[C@H]3C=C[C@]21O3. The third-order valence-electron chi connectivity index (χ3n) is 5.45. The molecule has 4 rings (SSSR count). The number of rotatable bonds is 5. The Kier molecular flexibility index (Phi) is 3.47. The number of carboxylic acids is 1. The summed E-state index contributed by atoms with van der Waals surface area (Å²) < 4.78 is 11.2. The molecule has 25 heavy (non-hydrogen) atoms. The second-order valence-corrected chi connectivity index (χ2v) is 6.58. The van der Waals surface area contributed by atoms with Crippen LogP contribution in [0.5, 0.6) is 5.75 Å². The van der Waals surface area contributed by atoms with Crippen LogP contribution in [0.4, 0.5) is 5.69 Å². The summed E-state index contributed by atoms with van der Waals surface area (Å²) in [6.07, 6.45) is 5.35. The number of hydrogen-bond acceptors (Lipinski definition) is 4. The fourth-order valence-corrected chi connectivity index (χ4v) is 4.43. The van der Waals surface area contributed by atoms with Crippen molar-refractivity contribution in [1.82, 2.24) is 0 Å². The Labute approximate surface area is 145 Å². The molecule has 6 heteroatoms. The van der Waals surface area contributed by atoms with Gasteiger partial charge in [-0.05, 0) is 30.7 Å². The van der Waals surface area contributed by atoms with Crippen LogP contribution >= 0.6 is 0 Å². The van der Waals surface area contributed by atoms with Crippen LogP contribution in [0.25, 0.3) is 0 Å².